The van der Waals surface area contributed by atoms with Gasteiger partial charge in [-0.15, -0.1) is 0 Å². The third kappa shape index (κ3) is 6.26. The Hall–Kier alpha value is -2.96. The molecular weight excluding hydrogens is 399 g/mol. The maximum absolute atomic E-state index is 14.2. The molecule has 1 saturated heterocycles. The smallest absolute Gasteiger partial charge is 0.410 e. The number of carbonyl (C=O) groups is 2. The lowest BCUT2D eigenvalue weighted by molar-refractivity contribution is 0.0203. The van der Waals surface area contributed by atoms with Crippen LogP contribution in [0.15, 0.2) is 36.4 Å². The van der Waals surface area contributed by atoms with Gasteiger partial charge < -0.3 is 14.4 Å². The molecule has 0 saturated carbocycles. The summed E-state index contributed by atoms with van der Waals surface area (Å²) in [6.07, 6.45) is 1.29. The van der Waals surface area contributed by atoms with Crippen molar-refractivity contribution in [3.05, 3.63) is 59.0 Å². The van der Waals surface area contributed by atoms with Gasteiger partial charge in [0.2, 0.25) is 5.88 Å². The van der Waals surface area contributed by atoms with E-state index in [0.717, 1.165) is 18.5 Å². The number of pyridine rings is 1. The number of ketones is 1. The quantitative estimate of drug-likeness (QED) is 0.619. The molecule has 0 aliphatic carbocycles. The summed E-state index contributed by atoms with van der Waals surface area (Å²) >= 11 is 0. The summed E-state index contributed by atoms with van der Waals surface area (Å²) < 4.78 is 25.3. The monoisotopic (exact) mass is 428 g/mol. The summed E-state index contributed by atoms with van der Waals surface area (Å²) in [5, 5.41) is 0. The van der Waals surface area contributed by atoms with E-state index >= 15 is 0 Å². The Morgan fingerprint density at radius 2 is 1.87 bits per heavy atom. The highest BCUT2D eigenvalue weighted by atomic mass is 19.1. The normalized spacial score (nSPS) is 14.9. The second-order valence-corrected chi connectivity index (χ2v) is 8.79. The first-order valence-corrected chi connectivity index (χ1v) is 10.5. The Bertz CT molecular complexity index is 947. The van der Waals surface area contributed by atoms with Crippen molar-refractivity contribution in [3.63, 3.8) is 0 Å². The van der Waals surface area contributed by atoms with Gasteiger partial charge in [-0.05, 0) is 52.7 Å². The molecule has 2 aromatic rings. The predicted octanol–water partition coefficient (Wildman–Crippen LogP) is 5.12. The summed E-state index contributed by atoms with van der Waals surface area (Å²) in [6, 6.07) is 9.93. The third-order valence-electron chi connectivity index (χ3n) is 5.15. The Balaban J connectivity index is 1.57. The SMILES string of the molecule is CC(=O)c1ccc(COc2cccc(C3CCN(C(=O)OC(C)(C)C)CC3)n2)c(F)c1. The first-order valence-electron chi connectivity index (χ1n) is 10.5. The van der Waals surface area contributed by atoms with Crippen molar-refractivity contribution in [2.24, 2.45) is 0 Å². The molecule has 31 heavy (non-hydrogen) atoms. The second-order valence-electron chi connectivity index (χ2n) is 8.79. The molecule has 0 atom stereocenters. The van der Waals surface area contributed by atoms with Crippen LogP contribution in [0.2, 0.25) is 0 Å². The fraction of sp³-hybridized carbons (Fsp3) is 0.458. The largest absolute Gasteiger partial charge is 0.473 e. The number of nitrogens with zero attached hydrogens (tertiary/aromatic N) is 2. The molecule has 1 fully saturated rings. The number of amides is 1. The lowest BCUT2D eigenvalue weighted by Crippen LogP contribution is -2.41. The van der Waals surface area contributed by atoms with E-state index < -0.39 is 11.4 Å². The molecule has 1 aliphatic heterocycles. The molecule has 1 aliphatic rings. The Morgan fingerprint density at radius 1 is 1.16 bits per heavy atom. The van der Waals surface area contributed by atoms with Crippen LogP contribution in [0.3, 0.4) is 0 Å². The van der Waals surface area contributed by atoms with Gasteiger partial charge in [0.15, 0.2) is 5.78 Å². The summed E-state index contributed by atoms with van der Waals surface area (Å²) in [7, 11) is 0. The zero-order valence-electron chi connectivity index (χ0n) is 18.5. The zero-order valence-corrected chi connectivity index (χ0v) is 18.5. The first-order chi connectivity index (χ1) is 14.6. The van der Waals surface area contributed by atoms with E-state index in [1.807, 2.05) is 32.9 Å². The van der Waals surface area contributed by atoms with E-state index in [4.69, 9.17) is 9.47 Å². The van der Waals surface area contributed by atoms with Crippen LogP contribution >= 0.6 is 0 Å². The van der Waals surface area contributed by atoms with Gasteiger partial charge in [-0.25, -0.2) is 14.2 Å². The van der Waals surface area contributed by atoms with E-state index in [-0.39, 0.29) is 24.4 Å². The predicted molar refractivity (Wildman–Crippen MR) is 115 cm³/mol. The summed E-state index contributed by atoms with van der Waals surface area (Å²) in [5.41, 5.74) is 1.09. The van der Waals surface area contributed by atoms with Crippen LogP contribution in [0.1, 0.15) is 68.1 Å². The molecule has 0 bridgehead atoms. The molecule has 7 heteroatoms. The molecule has 6 nitrogen and oxygen atoms in total. The molecule has 1 aromatic heterocycles. The van der Waals surface area contributed by atoms with Crippen LogP contribution in [-0.2, 0) is 11.3 Å². The van der Waals surface area contributed by atoms with Gasteiger partial charge in [-0.1, -0.05) is 18.2 Å². The second kappa shape index (κ2) is 9.45. The summed E-state index contributed by atoms with van der Waals surface area (Å²) in [4.78, 5) is 29.9. The molecule has 0 unspecified atom stereocenters. The van der Waals surface area contributed by atoms with E-state index in [1.54, 1.807) is 23.1 Å². The van der Waals surface area contributed by atoms with Gasteiger partial charge in [0, 0.05) is 41.9 Å². The number of ether oxygens (including phenoxy) is 2. The van der Waals surface area contributed by atoms with Gasteiger partial charge in [0.25, 0.3) is 0 Å². The number of hydrogen-bond acceptors (Lipinski definition) is 5. The number of hydrogen-bond donors (Lipinski definition) is 0. The van der Waals surface area contributed by atoms with E-state index in [9.17, 15) is 14.0 Å². The van der Waals surface area contributed by atoms with Crippen molar-refractivity contribution in [3.8, 4) is 5.88 Å². The minimum Gasteiger partial charge on any atom is -0.473 e. The molecule has 1 aromatic carbocycles. The minimum absolute atomic E-state index is 0.0254. The first kappa shape index (κ1) is 22.7. The molecule has 1 amide bonds. The Kier molecular flexibility index (Phi) is 6.93. The van der Waals surface area contributed by atoms with Crippen molar-refractivity contribution >= 4 is 11.9 Å². The lowest BCUT2D eigenvalue weighted by atomic mass is 9.93. The van der Waals surface area contributed by atoms with Gasteiger partial charge in [0.05, 0.1) is 0 Å². The number of aromatic nitrogens is 1. The molecule has 0 radical (unpaired) electrons. The lowest BCUT2D eigenvalue weighted by Gasteiger charge is -2.33. The van der Waals surface area contributed by atoms with E-state index in [0.29, 0.717) is 30.1 Å². The molecule has 0 spiro atoms. The number of carbonyl (C=O) groups excluding carboxylic acids is 2. The van der Waals surface area contributed by atoms with E-state index in [1.165, 1.54) is 13.0 Å². The van der Waals surface area contributed by atoms with Gasteiger partial charge in [0.1, 0.15) is 18.0 Å². The molecule has 0 N–H and O–H groups in total. The number of likely N-dealkylation sites (tertiary alicyclic amines) is 1. The zero-order chi connectivity index (χ0) is 22.6. The number of rotatable bonds is 5. The molecule has 3 rings (SSSR count). The Morgan fingerprint density at radius 3 is 2.48 bits per heavy atom. The van der Waals surface area contributed by atoms with Gasteiger partial charge >= 0.3 is 6.09 Å². The molecular formula is C24H29FN2O4. The van der Waals surface area contributed by atoms with Crippen LogP contribution in [0.5, 0.6) is 5.88 Å². The minimum atomic E-state index is -0.507. The van der Waals surface area contributed by atoms with Crippen molar-refractivity contribution in [2.45, 2.75) is 58.7 Å². The maximum Gasteiger partial charge on any atom is 0.410 e. The van der Waals surface area contributed by atoms with Crippen molar-refractivity contribution in [1.29, 1.82) is 0 Å². The third-order valence-corrected chi connectivity index (χ3v) is 5.15. The average Bonchev–Trinajstić information content (AvgIpc) is 2.72. The molecule has 166 valence electrons. The number of benzene rings is 1. The van der Waals surface area contributed by atoms with Crippen LogP contribution in [-0.4, -0.2) is 40.5 Å². The standard InChI is InChI=1S/C24H29FN2O4/c1-16(28)18-8-9-19(20(25)14-18)15-30-22-7-5-6-21(26-22)17-10-12-27(13-11-17)23(29)31-24(2,3)4/h5-9,14,17H,10-13,15H2,1-4H3. The fourth-order valence-electron chi connectivity index (χ4n) is 3.46. The van der Waals surface area contributed by atoms with Gasteiger partial charge in [-0.3, -0.25) is 4.79 Å². The highest BCUT2D eigenvalue weighted by Crippen LogP contribution is 2.29. The number of halogens is 1. The van der Waals surface area contributed by atoms with Crippen LogP contribution < -0.4 is 4.74 Å². The number of piperidine rings is 1. The van der Waals surface area contributed by atoms with Crippen molar-refractivity contribution in [1.82, 2.24) is 9.88 Å². The molecule has 2 heterocycles. The van der Waals surface area contributed by atoms with Crippen LogP contribution in [0.4, 0.5) is 9.18 Å². The number of Topliss-reactive ketones (excluding diaryl/α,β-unsaturated/α-hetero) is 1. The highest BCUT2D eigenvalue weighted by molar-refractivity contribution is 5.94. The topological polar surface area (TPSA) is 68.7 Å². The Labute approximate surface area is 182 Å². The average molecular weight is 429 g/mol. The fourth-order valence-corrected chi connectivity index (χ4v) is 3.46. The maximum atomic E-state index is 14.2. The van der Waals surface area contributed by atoms with Gasteiger partial charge in [-0.2, -0.15) is 0 Å². The van der Waals surface area contributed by atoms with E-state index in [2.05, 4.69) is 4.98 Å². The van der Waals surface area contributed by atoms with Crippen LogP contribution in [0.25, 0.3) is 0 Å². The summed E-state index contributed by atoms with van der Waals surface area (Å²) in [5.74, 6) is -0.0206. The highest BCUT2D eigenvalue weighted by Gasteiger charge is 2.28. The van der Waals surface area contributed by atoms with Crippen molar-refractivity contribution < 1.29 is 23.5 Å². The summed E-state index contributed by atoms with van der Waals surface area (Å²) in [6.45, 7) is 8.22. The van der Waals surface area contributed by atoms with Crippen molar-refractivity contribution in [2.75, 3.05) is 13.1 Å². The van der Waals surface area contributed by atoms with Crippen LogP contribution in [0, 0.1) is 5.82 Å².